The van der Waals surface area contributed by atoms with Crippen molar-refractivity contribution < 1.29 is 18.0 Å². The Bertz CT molecular complexity index is 922. The topological polar surface area (TPSA) is 67.8 Å². The highest BCUT2D eigenvalue weighted by molar-refractivity contribution is 5.89. The third-order valence-corrected chi connectivity index (χ3v) is 5.80. The Morgan fingerprint density at radius 2 is 1.44 bits per heavy atom. The van der Waals surface area contributed by atoms with Crippen molar-refractivity contribution in [1.82, 2.24) is 20.0 Å². The van der Waals surface area contributed by atoms with Crippen LogP contribution < -0.4 is 15.1 Å². The molecule has 0 bridgehead atoms. The fraction of sp³-hybridized carbons (Fsp3) is 0.476. The third-order valence-electron chi connectivity index (χ3n) is 5.80. The van der Waals surface area contributed by atoms with Crippen LogP contribution in [0.4, 0.5) is 35.3 Å². The number of halogens is 3. The summed E-state index contributed by atoms with van der Waals surface area (Å²) in [5.74, 6) is 1.61. The van der Waals surface area contributed by atoms with Crippen molar-refractivity contribution in [3.8, 4) is 0 Å². The van der Waals surface area contributed by atoms with Crippen LogP contribution >= 0.6 is 0 Å². The summed E-state index contributed by atoms with van der Waals surface area (Å²) in [6, 6.07) is 8.14. The number of nitrogens with one attached hydrogen (secondary N) is 1. The van der Waals surface area contributed by atoms with E-state index in [0.717, 1.165) is 49.9 Å². The molecule has 1 N–H and O–H groups in total. The SMILES string of the molecule is CN1CCN(c2ccc(N3CCN(C(=O)Nc4cccc(C(F)(F)F)c4)CC3)nn2)CC1. The predicted molar refractivity (Wildman–Crippen MR) is 116 cm³/mol. The molecule has 0 spiro atoms. The Hall–Kier alpha value is -3.08. The van der Waals surface area contributed by atoms with Crippen LogP contribution in [0.25, 0.3) is 0 Å². The van der Waals surface area contributed by atoms with Gasteiger partial charge in [0.15, 0.2) is 11.6 Å². The van der Waals surface area contributed by atoms with Crippen molar-refractivity contribution >= 4 is 23.4 Å². The summed E-state index contributed by atoms with van der Waals surface area (Å²) in [5.41, 5.74) is -0.670. The minimum Gasteiger partial charge on any atom is -0.353 e. The lowest BCUT2D eigenvalue weighted by molar-refractivity contribution is -0.137. The molecule has 0 atom stereocenters. The number of rotatable bonds is 3. The molecule has 2 saturated heterocycles. The number of piperazine rings is 2. The zero-order valence-electron chi connectivity index (χ0n) is 17.8. The number of carbonyl (C=O) groups is 1. The number of aromatic nitrogens is 2. The third kappa shape index (κ3) is 5.21. The molecule has 8 nitrogen and oxygen atoms in total. The Kier molecular flexibility index (Phi) is 6.35. The van der Waals surface area contributed by atoms with E-state index in [1.165, 1.54) is 12.1 Å². The zero-order valence-corrected chi connectivity index (χ0v) is 17.8. The highest BCUT2D eigenvalue weighted by Crippen LogP contribution is 2.30. The molecule has 1 aromatic heterocycles. The van der Waals surface area contributed by atoms with Crippen molar-refractivity contribution in [3.63, 3.8) is 0 Å². The van der Waals surface area contributed by atoms with Crippen molar-refractivity contribution in [1.29, 1.82) is 0 Å². The molecule has 0 unspecified atom stereocenters. The van der Waals surface area contributed by atoms with Gasteiger partial charge in [-0.1, -0.05) is 6.07 Å². The lowest BCUT2D eigenvalue weighted by Crippen LogP contribution is -2.50. The molecule has 2 aromatic rings. The van der Waals surface area contributed by atoms with Crippen LogP contribution in [-0.4, -0.2) is 85.4 Å². The van der Waals surface area contributed by atoms with E-state index in [-0.39, 0.29) is 5.69 Å². The van der Waals surface area contributed by atoms with Gasteiger partial charge in [0.25, 0.3) is 0 Å². The maximum Gasteiger partial charge on any atom is 0.416 e. The monoisotopic (exact) mass is 449 g/mol. The maximum absolute atomic E-state index is 12.9. The fourth-order valence-corrected chi connectivity index (χ4v) is 3.81. The molecule has 2 aliphatic heterocycles. The minimum atomic E-state index is -4.45. The average molecular weight is 449 g/mol. The molecule has 11 heteroatoms. The van der Waals surface area contributed by atoms with Gasteiger partial charge in [-0.3, -0.25) is 0 Å². The second-order valence-corrected chi connectivity index (χ2v) is 8.02. The molecule has 2 amide bonds. The van der Waals surface area contributed by atoms with Crippen LogP contribution in [0.3, 0.4) is 0 Å². The molecule has 4 rings (SSSR count). The first-order chi connectivity index (χ1) is 15.3. The highest BCUT2D eigenvalue weighted by atomic mass is 19.4. The van der Waals surface area contributed by atoms with Crippen LogP contribution in [0, 0.1) is 0 Å². The van der Waals surface area contributed by atoms with Gasteiger partial charge < -0.3 is 24.9 Å². The van der Waals surface area contributed by atoms with Crippen molar-refractivity contribution in [2.75, 3.05) is 74.5 Å². The molecule has 172 valence electrons. The van der Waals surface area contributed by atoms with Gasteiger partial charge in [0, 0.05) is 58.0 Å². The molecule has 1 aromatic carbocycles. The quantitative estimate of drug-likeness (QED) is 0.777. The summed E-state index contributed by atoms with van der Waals surface area (Å²) < 4.78 is 38.6. The molecule has 0 saturated carbocycles. The van der Waals surface area contributed by atoms with E-state index in [1.54, 1.807) is 4.90 Å². The number of likely N-dealkylation sites (N-methyl/N-ethyl adjacent to an activating group) is 1. The Morgan fingerprint density at radius 1 is 0.875 bits per heavy atom. The van der Waals surface area contributed by atoms with Crippen LogP contribution in [-0.2, 0) is 6.18 Å². The summed E-state index contributed by atoms with van der Waals surface area (Å²) in [6.45, 7) is 5.84. The minimum absolute atomic E-state index is 0.123. The van der Waals surface area contributed by atoms with E-state index < -0.39 is 17.8 Å². The van der Waals surface area contributed by atoms with E-state index in [1.807, 2.05) is 12.1 Å². The largest absolute Gasteiger partial charge is 0.416 e. The second-order valence-electron chi connectivity index (χ2n) is 8.02. The lowest BCUT2D eigenvalue weighted by atomic mass is 10.2. The Labute approximate surface area is 184 Å². The number of anilines is 3. The van der Waals surface area contributed by atoms with Gasteiger partial charge >= 0.3 is 12.2 Å². The van der Waals surface area contributed by atoms with Gasteiger partial charge in [0.1, 0.15) is 0 Å². The van der Waals surface area contributed by atoms with Gasteiger partial charge in [-0.05, 0) is 37.4 Å². The second kappa shape index (κ2) is 9.19. The molecule has 3 heterocycles. The first kappa shape index (κ1) is 22.1. The highest BCUT2D eigenvalue weighted by Gasteiger charge is 2.31. The van der Waals surface area contributed by atoms with Crippen LogP contribution in [0.2, 0.25) is 0 Å². The number of benzene rings is 1. The lowest BCUT2D eigenvalue weighted by Gasteiger charge is -2.35. The summed E-state index contributed by atoms with van der Waals surface area (Å²) in [6.07, 6.45) is -4.45. The smallest absolute Gasteiger partial charge is 0.353 e. The standard InChI is InChI=1S/C21H26F3N7O/c1-28-7-9-29(10-8-28)18-5-6-19(27-26-18)30-11-13-31(14-12-30)20(32)25-17-4-2-3-16(15-17)21(22,23)24/h2-6,15H,7-14H2,1H3,(H,25,32). The van der Waals surface area contributed by atoms with Crippen molar-refractivity contribution in [2.45, 2.75) is 6.18 Å². The van der Waals surface area contributed by atoms with Crippen LogP contribution in [0.15, 0.2) is 36.4 Å². The first-order valence-electron chi connectivity index (χ1n) is 10.5. The fourth-order valence-electron chi connectivity index (χ4n) is 3.81. The normalized spacial score (nSPS) is 18.1. The van der Waals surface area contributed by atoms with Crippen molar-refractivity contribution in [3.05, 3.63) is 42.0 Å². The number of hydrogen-bond donors (Lipinski definition) is 1. The Balaban J connectivity index is 1.30. The van der Waals surface area contributed by atoms with E-state index in [4.69, 9.17) is 0 Å². The zero-order chi connectivity index (χ0) is 22.7. The van der Waals surface area contributed by atoms with Crippen molar-refractivity contribution in [2.24, 2.45) is 0 Å². The molecular weight excluding hydrogens is 423 g/mol. The molecule has 0 aliphatic carbocycles. The maximum atomic E-state index is 12.9. The number of alkyl halides is 3. The predicted octanol–water partition coefficient (Wildman–Crippen LogP) is 2.60. The number of amides is 2. The van der Waals surface area contributed by atoms with E-state index >= 15 is 0 Å². The van der Waals surface area contributed by atoms with Gasteiger partial charge in [-0.15, -0.1) is 10.2 Å². The van der Waals surface area contributed by atoms with E-state index in [0.29, 0.717) is 26.2 Å². The van der Waals surface area contributed by atoms with Crippen LogP contribution in [0.5, 0.6) is 0 Å². The number of urea groups is 1. The summed E-state index contributed by atoms with van der Waals surface area (Å²) in [7, 11) is 2.10. The van der Waals surface area contributed by atoms with Gasteiger partial charge in [-0.25, -0.2) is 4.79 Å². The molecule has 32 heavy (non-hydrogen) atoms. The summed E-state index contributed by atoms with van der Waals surface area (Å²) >= 11 is 0. The number of nitrogens with zero attached hydrogens (tertiary/aromatic N) is 6. The molecule has 2 aliphatic rings. The van der Waals surface area contributed by atoms with E-state index in [9.17, 15) is 18.0 Å². The summed E-state index contributed by atoms with van der Waals surface area (Å²) in [4.78, 5) is 20.6. The molecule has 2 fully saturated rings. The average Bonchev–Trinajstić information content (AvgIpc) is 2.79. The van der Waals surface area contributed by atoms with Gasteiger partial charge in [-0.2, -0.15) is 13.2 Å². The molecule has 0 radical (unpaired) electrons. The van der Waals surface area contributed by atoms with Gasteiger partial charge in [0.2, 0.25) is 0 Å². The van der Waals surface area contributed by atoms with Crippen LogP contribution in [0.1, 0.15) is 5.56 Å². The number of hydrogen-bond acceptors (Lipinski definition) is 6. The molecular formula is C21H26F3N7O. The Morgan fingerprint density at radius 3 is 1.97 bits per heavy atom. The summed E-state index contributed by atoms with van der Waals surface area (Å²) in [5, 5.41) is 11.3. The first-order valence-corrected chi connectivity index (χ1v) is 10.5. The number of carbonyl (C=O) groups excluding carboxylic acids is 1. The van der Waals surface area contributed by atoms with E-state index in [2.05, 4.69) is 37.3 Å². The van der Waals surface area contributed by atoms with Gasteiger partial charge in [0.05, 0.1) is 5.56 Å².